The molecule has 1 aromatic rings. The van der Waals surface area contributed by atoms with Crippen molar-refractivity contribution in [2.24, 2.45) is 11.7 Å². The molecule has 1 rings (SSSR count). The number of amides is 1. The van der Waals surface area contributed by atoms with Gasteiger partial charge in [0.15, 0.2) is 0 Å². The van der Waals surface area contributed by atoms with Gasteiger partial charge in [-0.3, -0.25) is 9.78 Å². The monoisotopic (exact) mass is 250 g/mol. The van der Waals surface area contributed by atoms with E-state index in [1.54, 1.807) is 12.3 Å². The minimum Gasteiger partial charge on any atom is -0.381 e. The molecule has 1 amide bonds. The third-order valence-electron chi connectivity index (χ3n) is 2.73. The molecule has 18 heavy (non-hydrogen) atoms. The minimum atomic E-state index is -0.507. The van der Waals surface area contributed by atoms with E-state index in [1.165, 1.54) is 0 Å². The Bertz CT molecular complexity index is 404. The van der Waals surface area contributed by atoms with Crippen molar-refractivity contribution >= 4 is 11.6 Å². The lowest BCUT2D eigenvalue weighted by Gasteiger charge is -2.26. The molecule has 1 atom stereocenters. The van der Waals surface area contributed by atoms with Crippen LogP contribution in [0.4, 0.5) is 5.69 Å². The van der Waals surface area contributed by atoms with Crippen molar-refractivity contribution in [1.82, 2.24) is 9.88 Å². The molecular weight excluding hydrogens is 228 g/mol. The van der Waals surface area contributed by atoms with Crippen LogP contribution < -0.4 is 11.1 Å². The molecule has 0 aromatic carbocycles. The van der Waals surface area contributed by atoms with E-state index in [4.69, 9.17) is 5.73 Å². The second-order valence-electron chi connectivity index (χ2n) is 5.05. The van der Waals surface area contributed by atoms with E-state index in [2.05, 4.69) is 29.0 Å². The Morgan fingerprint density at radius 3 is 2.67 bits per heavy atom. The predicted molar refractivity (Wildman–Crippen MR) is 73.6 cm³/mol. The van der Waals surface area contributed by atoms with Gasteiger partial charge in [-0.25, -0.2) is 0 Å². The number of primary amides is 1. The van der Waals surface area contributed by atoms with E-state index in [-0.39, 0.29) is 5.69 Å². The predicted octanol–water partition coefficient (Wildman–Crippen LogP) is 1.18. The van der Waals surface area contributed by atoms with Gasteiger partial charge in [-0.05, 0) is 32.1 Å². The fraction of sp³-hybridized carbons (Fsp3) is 0.538. The van der Waals surface area contributed by atoms with Crippen molar-refractivity contribution in [3.63, 3.8) is 0 Å². The fourth-order valence-corrected chi connectivity index (χ4v) is 1.69. The second-order valence-corrected chi connectivity index (χ2v) is 5.05. The Morgan fingerprint density at radius 2 is 2.17 bits per heavy atom. The van der Waals surface area contributed by atoms with E-state index in [0.717, 1.165) is 12.2 Å². The Morgan fingerprint density at radius 1 is 1.50 bits per heavy atom. The lowest BCUT2D eigenvalue weighted by molar-refractivity contribution is 0.0995. The summed E-state index contributed by atoms with van der Waals surface area (Å²) >= 11 is 0. The van der Waals surface area contributed by atoms with Crippen LogP contribution in [0.3, 0.4) is 0 Å². The van der Waals surface area contributed by atoms with Gasteiger partial charge in [0.1, 0.15) is 5.69 Å². The summed E-state index contributed by atoms with van der Waals surface area (Å²) in [7, 11) is 4.08. The first-order valence-corrected chi connectivity index (χ1v) is 6.07. The molecule has 1 aromatic heterocycles. The molecule has 100 valence electrons. The Labute approximate surface area is 108 Å². The molecule has 0 aliphatic rings. The highest BCUT2D eigenvalue weighted by molar-refractivity contribution is 5.91. The Kier molecular flexibility index (Phi) is 5.09. The number of nitrogens with two attached hydrogens (primary N) is 1. The zero-order valence-electron chi connectivity index (χ0n) is 11.5. The first kappa shape index (κ1) is 14.4. The molecule has 5 nitrogen and oxygen atoms in total. The summed E-state index contributed by atoms with van der Waals surface area (Å²) in [5.74, 6) is -0.0232. The first-order valence-electron chi connectivity index (χ1n) is 6.07. The smallest absolute Gasteiger partial charge is 0.267 e. The van der Waals surface area contributed by atoms with Crippen LogP contribution in [0.15, 0.2) is 18.3 Å². The van der Waals surface area contributed by atoms with Crippen LogP contribution in [-0.2, 0) is 0 Å². The summed E-state index contributed by atoms with van der Waals surface area (Å²) < 4.78 is 0. The summed E-state index contributed by atoms with van der Waals surface area (Å²) in [4.78, 5) is 17.1. The number of anilines is 1. The Hall–Kier alpha value is -1.62. The Balaban J connectivity index is 2.80. The average molecular weight is 250 g/mol. The molecule has 5 heteroatoms. The first-order chi connectivity index (χ1) is 8.40. The summed E-state index contributed by atoms with van der Waals surface area (Å²) in [5, 5.41) is 3.42. The van der Waals surface area contributed by atoms with Gasteiger partial charge in [-0.2, -0.15) is 0 Å². The molecule has 0 radical (unpaired) electrons. The van der Waals surface area contributed by atoms with Gasteiger partial charge in [0, 0.05) is 24.5 Å². The standard InChI is InChI=1S/C13H22N4O/c1-9(2)12(8-17(3)4)16-10-5-6-15-11(7-10)13(14)18/h5-7,9,12H,8H2,1-4H3,(H2,14,18)(H,15,16). The van der Waals surface area contributed by atoms with E-state index in [0.29, 0.717) is 12.0 Å². The number of likely N-dealkylation sites (N-methyl/N-ethyl adjacent to an activating group) is 1. The van der Waals surface area contributed by atoms with Crippen molar-refractivity contribution < 1.29 is 4.79 Å². The molecule has 1 unspecified atom stereocenters. The SMILES string of the molecule is CC(C)C(CN(C)C)Nc1ccnc(C(N)=O)c1. The van der Waals surface area contributed by atoms with E-state index in [1.807, 2.05) is 20.2 Å². The van der Waals surface area contributed by atoms with Gasteiger partial charge in [0.25, 0.3) is 5.91 Å². The molecule has 0 bridgehead atoms. The molecule has 0 aliphatic carbocycles. The van der Waals surface area contributed by atoms with Crippen LogP contribution in [0, 0.1) is 5.92 Å². The maximum atomic E-state index is 11.1. The lowest BCUT2D eigenvalue weighted by Crippen LogP contribution is -2.36. The van der Waals surface area contributed by atoms with Crippen LogP contribution in [0.2, 0.25) is 0 Å². The minimum absolute atomic E-state index is 0.285. The van der Waals surface area contributed by atoms with Crippen molar-refractivity contribution in [3.8, 4) is 0 Å². The van der Waals surface area contributed by atoms with Crippen molar-refractivity contribution in [3.05, 3.63) is 24.0 Å². The summed E-state index contributed by atoms with van der Waals surface area (Å²) in [6, 6.07) is 3.84. The van der Waals surface area contributed by atoms with E-state index >= 15 is 0 Å². The van der Waals surface area contributed by atoms with E-state index < -0.39 is 5.91 Å². The number of pyridine rings is 1. The third-order valence-corrected chi connectivity index (χ3v) is 2.73. The maximum Gasteiger partial charge on any atom is 0.267 e. The summed E-state index contributed by atoms with van der Waals surface area (Å²) in [6.07, 6.45) is 1.59. The second kappa shape index (κ2) is 6.35. The maximum absolute atomic E-state index is 11.1. The molecule has 0 saturated carbocycles. The van der Waals surface area contributed by atoms with Gasteiger partial charge >= 0.3 is 0 Å². The number of hydrogen-bond acceptors (Lipinski definition) is 4. The lowest BCUT2D eigenvalue weighted by atomic mass is 10.0. The average Bonchev–Trinajstić information content (AvgIpc) is 2.27. The zero-order valence-corrected chi connectivity index (χ0v) is 11.5. The van der Waals surface area contributed by atoms with Gasteiger partial charge < -0.3 is 16.0 Å². The molecule has 0 fully saturated rings. The van der Waals surface area contributed by atoms with Crippen LogP contribution in [-0.4, -0.2) is 42.5 Å². The van der Waals surface area contributed by atoms with Gasteiger partial charge in [0.05, 0.1) is 0 Å². The summed E-state index contributed by atoms with van der Waals surface area (Å²) in [6.45, 7) is 5.25. The zero-order chi connectivity index (χ0) is 13.7. The number of carbonyl (C=O) groups excluding carboxylic acids is 1. The van der Waals surface area contributed by atoms with Crippen molar-refractivity contribution in [1.29, 1.82) is 0 Å². The number of hydrogen-bond donors (Lipinski definition) is 2. The summed E-state index contributed by atoms with van der Waals surface area (Å²) in [5.41, 5.74) is 6.38. The largest absolute Gasteiger partial charge is 0.381 e. The molecule has 0 saturated heterocycles. The van der Waals surface area contributed by atoms with Crippen LogP contribution >= 0.6 is 0 Å². The fourth-order valence-electron chi connectivity index (χ4n) is 1.69. The number of nitrogens with zero attached hydrogens (tertiary/aromatic N) is 2. The topological polar surface area (TPSA) is 71.2 Å². The van der Waals surface area contributed by atoms with Gasteiger partial charge in [0.2, 0.25) is 0 Å². The molecule has 0 aliphatic heterocycles. The number of aromatic nitrogens is 1. The number of rotatable bonds is 6. The van der Waals surface area contributed by atoms with Crippen LogP contribution in [0.25, 0.3) is 0 Å². The van der Waals surface area contributed by atoms with Gasteiger partial charge in [-0.15, -0.1) is 0 Å². The normalized spacial score (nSPS) is 12.8. The number of nitrogens with one attached hydrogen (secondary N) is 1. The molecular formula is C13H22N4O. The third kappa shape index (κ3) is 4.33. The molecule has 3 N–H and O–H groups in total. The van der Waals surface area contributed by atoms with Crippen molar-refractivity contribution in [2.45, 2.75) is 19.9 Å². The molecule has 0 spiro atoms. The highest BCUT2D eigenvalue weighted by atomic mass is 16.1. The highest BCUT2D eigenvalue weighted by Gasteiger charge is 2.14. The molecule has 1 heterocycles. The van der Waals surface area contributed by atoms with Crippen molar-refractivity contribution in [2.75, 3.05) is 26.0 Å². The quantitative estimate of drug-likeness (QED) is 0.795. The van der Waals surface area contributed by atoms with Crippen LogP contribution in [0.1, 0.15) is 24.3 Å². The van der Waals surface area contributed by atoms with Crippen LogP contribution in [0.5, 0.6) is 0 Å². The highest BCUT2D eigenvalue weighted by Crippen LogP contribution is 2.13. The number of carbonyl (C=O) groups is 1. The van der Waals surface area contributed by atoms with Gasteiger partial charge in [-0.1, -0.05) is 13.8 Å². The van der Waals surface area contributed by atoms with E-state index in [9.17, 15) is 4.79 Å².